The third-order valence-electron chi connectivity index (χ3n) is 6.44. The van der Waals surface area contributed by atoms with Crippen LogP contribution in [0.1, 0.15) is 52.4 Å². The number of benzene rings is 1. The van der Waals surface area contributed by atoms with E-state index in [0.717, 1.165) is 50.5 Å². The molecule has 3 N–H and O–H groups in total. The van der Waals surface area contributed by atoms with Gasteiger partial charge in [-0.1, -0.05) is 51.3 Å². The summed E-state index contributed by atoms with van der Waals surface area (Å²) in [6.45, 7) is 6.87. The lowest BCUT2D eigenvalue weighted by atomic mass is 9.88. The first kappa shape index (κ1) is 25.7. The lowest BCUT2D eigenvalue weighted by molar-refractivity contribution is -0.135. The van der Waals surface area contributed by atoms with Crippen molar-refractivity contribution in [2.75, 3.05) is 32.0 Å². The first-order valence-corrected chi connectivity index (χ1v) is 11.6. The molecule has 3 rings (SSSR count). The van der Waals surface area contributed by atoms with E-state index in [9.17, 15) is 4.79 Å². The highest BCUT2D eigenvalue weighted by Gasteiger charge is 2.31. The van der Waals surface area contributed by atoms with Gasteiger partial charge in [-0.05, 0) is 37.3 Å². The molecule has 7 heteroatoms. The Hall–Kier alpha value is -1.51. The molecule has 0 spiro atoms. The van der Waals surface area contributed by atoms with E-state index in [1.807, 2.05) is 25.2 Å². The summed E-state index contributed by atoms with van der Waals surface area (Å²) in [6.07, 6.45) is 6.82. The summed E-state index contributed by atoms with van der Waals surface area (Å²) < 4.78 is 0. The molecule has 1 saturated carbocycles. The second kappa shape index (κ2) is 13.1. The minimum Gasteiger partial charge on any atom is -0.380 e. The highest BCUT2D eigenvalue weighted by atomic mass is 127. The standard InChI is InChI=1S/C24H39N5O.HI/c1-18(2)22(27-20-12-8-5-9-13-20)16-26-24(25-3)28-21-14-15-29(17-21)23(30)19-10-6-4-7-11-19;/h5,8-9,12-13,18-19,21-22,27H,4,6-7,10-11,14-17H2,1-3H3,(H2,25,26,28);1H. The predicted octanol–water partition coefficient (Wildman–Crippen LogP) is 4.09. The normalized spacial score (nSPS) is 20.8. The molecule has 2 unspecified atom stereocenters. The number of hydrogen-bond donors (Lipinski definition) is 3. The summed E-state index contributed by atoms with van der Waals surface area (Å²) in [4.78, 5) is 19.3. The largest absolute Gasteiger partial charge is 0.380 e. The number of carbonyl (C=O) groups is 1. The van der Waals surface area contributed by atoms with Crippen molar-refractivity contribution < 1.29 is 4.79 Å². The summed E-state index contributed by atoms with van der Waals surface area (Å²) in [5.41, 5.74) is 1.13. The van der Waals surface area contributed by atoms with Crippen LogP contribution in [0, 0.1) is 11.8 Å². The molecule has 1 heterocycles. The van der Waals surface area contributed by atoms with Gasteiger partial charge >= 0.3 is 0 Å². The molecule has 1 amide bonds. The molecule has 1 aliphatic carbocycles. The minimum atomic E-state index is 0. The molecule has 1 saturated heterocycles. The molecule has 0 bridgehead atoms. The van der Waals surface area contributed by atoms with Crippen LogP contribution in [0.3, 0.4) is 0 Å². The number of nitrogens with zero attached hydrogens (tertiary/aromatic N) is 2. The van der Waals surface area contributed by atoms with Crippen molar-refractivity contribution in [2.45, 2.75) is 64.5 Å². The lowest BCUT2D eigenvalue weighted by Gasteiger charge is -2.27. The maximum absolute atomic E-state index is 12.8. The Morgan fingerprint density at radius 1 is 1.13 bits per heavy atom. The van der Waals surface area contributed by atoms with Gasteiger partial charge in [0.2, 0.25) is 5.91 Å². The zero-order valence-corrected chi connectivity index (χ0v) is 21.6. The van der Waals surface area contributed by atoms with Gasteiger partial charge in [0.05, 0.1) is 0 Å². The van der Waals surface area contributed by atoms with Gasteiger partial charge in [0.1, 0.15) is 0 Å². The highest BCUT2D eigenvalue weighted by molar-refractivity contribution is 14.0. The van der Waals surface area contributed by atoms with Crippen LogP contribution in [0.25, 0.3) is 0 Å². The summed E-state index contributed by atoms with van der Waals surface area (Å²) in [5.74, 6) is 1.91. The molecule has 174 valence electrons. The molecular formula is C24H40IN5O. The second-order valence-electron chi connectivity index (χ2n) is 9.06. The molecule has 31 heavy (non-hydrogen) atoms. The fourth-order valence-corrected chi connectivity index (χ4v) is 4.48. The van der Waals surface area contributed by atoms with Gasteiger partial charge in [0.15, 0.2) is 5.96 Å². The van der Waals surface area contributed by atoms with Gasteiger partial charge in [-0.3, -0.25) is 9.79 Å². The van der Waals surface area contributed by atoms with E-state index in [1.54, 1.807) is 0 Å². The Bertz CT molecular complexity index is 690. The first-order chi connectivity index (χ1) is 14.6. The number of para-hydroxylation sites is 1. The van der Waals surface area contributed by atoms with E-state index in [4.69, 9.17) is 0 Å². The molecule has 2 aliphatic rings. The Labute approximate surface area is 205 Å². The van der Waals surface area contributed by atoms with Crippen molar-refractivity contribution in [1.29, 1.82) is 0 Å². The number of halogens is 1. The fourth-order valence-electron chi connectivity index (χ4n) is 4.48. The minimum absolute atomic E-state index is 0. The number of nitrogens with one attached hydrogen (secondary N) is 3. The molecule has 1 aromatic carbocycles. The smallest absolute Gasteiger partial charge is 0.225 e. The molecule has 1 aromatic rings. The number of guanidine groups is 1. The molecule has 6 nitrogen and oxygen atoms in total. The fraction of sp³-hybridized carbons (Fsp3) is 0.667. The zero-order chi connectivity index (χ0) is 21.3. The van der Waals surface area contributed by atoms with Crippen molar-refractivity contribution in [3.8, 4) is 0 Å². The average molecular weight is 542 g/mol. The van der Waals surface area contributed by atoms with Crippen molar-refractivity contribution in [1.82, 2.24) is 15.5 Å². The van der Waals surface area contributed by atoms with Gasteiger partial charge < -0.3 is 20.9 Å². The number of amides is 1. The predicted molar refractivity (Wildman–Crippen MR) is 140 cm³/mol. The number of anilines is 1. The van der Waals surface area contributed by atoms with E-state index in [-0.39, 0.29) is 35.9 Å². The molecule has 2 atom stereocenters. The molecule has 2 fully saturated rings. The number of carbonyl (C=O) groups excluding carboxylic acids is 1. The molecular weight excluding hydrogens is 501 g/mol. The van der Waals surface area contributed by atoms with Crippen molar-refractivity contribution >= 4 is 41.5 Å². The van der Waals surface area contributed by atoms with Gasteiger partial charge in [0.25, 0.3) is 0 Å². The zero-order valence-electron chi connectivity index (χ0n) is 19.3. The highest BCUT2D eigenvalue weighted by Crippen LogP contribution is 2.26. The monoisotopic (exact) mass is 541 g/mol. The average Bonchev–Trinajstić information content (AvgIpc) is 3.24. The molecule has 0 radical (unpaired) electrons. The Morgan fingerprint density at radius 2 is 1.84 bits per heavy atom. The van der Waals surface area contributed by atoms with Crippen molar-refractivity contribution in [3.05, 3.63) is 30.3 Å². The Balaban J connectivity index is 0.00000341. The van der Waals surface area contributed by atoms with E-state index in [1.165, 1.54) is 19.3 Å². The summed E-state index contributed by atoms with van der Waals surface area (Å²) >= 11 is 0. The SMILES string of the molecule is CN=C(NCC(Nc1ccccc1)C(C)C)NC1CCN(C(=O)C2CCCCC2)C1.I. The van der Waals surface area contributed by atoms with Crippen LogP contribution in [0.15, 0.2) is 35.3 Å². The van der Waals surface area contributed by atoms with Crippen LogP contribution < -0.4 is 16.0 Å². The number of likely N-dealkylation sites (tertiary alicyclic amines) is 1. The van der Waals surface area contributed by atoms with Crippen LogP contribution in [-0.4, -0.2) is 55.5 Å². The second-order valence-corrected chi connectivity index (χ2v) is 9.06. The number of rotatable bonds is 7. The van der Waals surface area contributed by atoms with E-state index in [2.05, 4.69) is 51.8 Å². The van der Waals surface area contributed by atoms with Gasteiger partial charge in [-0.2, -0.15) is 0 Å². The Kier molecular flexibility index (Phi) is 10.9. The van der Waals surface area contributed by atoms with Crippen LogP contribution in [0.5, 0.6) is 0 Å². The summed E-state index contributed by atoms with van der Waals surface area (Å²) in [6, 6.07) is 10.9. The van der Waals surface area contributed by atoms with Crippen molar-refractivity contribution in [2.24, 2.45) is 16.8 Å². The van der Waals surface area contributed by atoms with Crippen molar-refractivity contribution in [3.63, 3.8) is 0 Å². The van der Waals surface area contributed by atoms with Gasteiger partial charge in [-0.15, -0.1) is 24.0 Å². The van der Waals surface area contributed by atoms with Crippen LogP contribution >= 0.6 is 24.0 Å². The van der Waals surface area contributed by atoms with E-state index < -0.39 is 0 Å². The van der Waals surface area contributed by atoms with E-state index in [0.29, 0.717) is 17.9 Å². The number of aliphatic imine (C=N–C) groups is 1. The topological polar surface area (TPSA) is 68.8 Å². The summed E-state index contributed by atoms with van der Waals surface area (Å²) in [7, 11) is 1.81. The van der Waals surface area contributed by atoms with Gasteiger partial charge in [-0.25, -0.2) is 0 Å². The third-order valence-corrected chi connectivity index (χ3v) is 6.44. The molecule has 1 aliphatic heterocycles. The molecule has 0 aromatic heterocycles. The maximum Gasteiger partial charge on any atom is 0.225 e. The number of hydrogen-bond acceptors (Lipinski definition) is 3. The van der Waals surface area contributed by atoms with E-state index >= 15 is 0 Å². The van der Waals surface area contributed by atoms with Gasteiger partial charge in [0, 0.05) is 50.4 Å². The summed E-state index contributed by atoms with van der Waals surface area (Å²) in [5, 5.41) is 10.6. The maximum atomic E-state index is 12.8. The Morgan fingerprint density at radius 3 is 2.48 bits per heavy atom. The third kappa shape index (κ3) is 7.84. The first-order valence-electron chi connectivity index (χ1n) is 11.6. The van der Waals surface area contributed by atoms with Crippen LogP contribution in [0.2, 0.25) is 0 Å². The van der Waals surface area contributed by atoms with Crippen LogP contribution in [-0.2, 0) is 4.79 Å². The quantitative estimate of drug-likeness (QED) is 0.277. The lowest BCUT2D eigenvalue weighted by Crippen LogP contribution is -2.49. The van der Waals surface area contributed by atoms with Crippen LogP contribution in [0.4, 0.5) is 5.69 Å².